The largest absolute Gasteiger partial charge is 0.450 e. The zero-order valence-electron chi connectivity index (χ0n) is 11.4. The number of hydrogen-bond donors (Lipinski definition) is 3. The number of unbranched alkanes of at least 4 members (excludes halogenated alkanes) is 1. The summed E-state index contributed by atoms with van der Waals surface area (Å²) in [6, 6.07) is 0. The van der Waals surface area contributed by atoms with E-state index in [0.717, 1.165) is 12.8 Å². The van der Waals surface area contributed by atoms with Crippen LogP contribution in [0.1, 0.15) is 26.7 Å². The molecule has 0 bridgehead atoms. The van der Waals surface area contributed by atoms with Crippen molar-refractivity contribution < 1.29 is 19.1 Å². The second kappa shape index (κ2) is 11.1. The number of nitrogens with two attached hydrogens (primary N) is 1. The summed E-state index contributed by atoms with van der Waals surface area (Å²) in [5.74, 6) is 0.0248. The molecular weight excluding hydrogens is 252 g/mol. The van der Waals surface area contributed by atoms with Crippen LogP contribution in [0.4, 0.5) is 9.59 Å². The van der Waals surface area contributed by atoms with Crippen LogP contribution in [0, 0.1) is 0 Å². The molecule has 110 valence electrons. The van der Waals surface area contributed by atoms with Crippen molar-refractivity contribution in [2.24, 2.45) is 10.7 Å². The van der Waals surface area contributed by atoms with Crippen LogP contribution in [-0.4, -0.2) is 44.4 Å². The number of guanidine groups is 1. The lowest BCUT2D eigenvalue weighted by Gasteiger charge is -2.06. The zero-order chi connectivity index (χ0) is 14.5. The molecule has 0 spiro atoms. The standard InChI is InChI=1S/C11H22N4O4/c1-3-18-10(16)14-8-6-5-7-13-9(12)15-11(17)19-4-2/h3-8H2,1-2H3,(H,14,16)(H3,12,13,15,17). The van der Waals surface area contributed by atoms with E-state index in [1.165, 1.54) is 0 Å². The lowest BCUT2D eigenvalue weighted by molar-refractivity contribution is 0.152. The molecule has 0 fully saturated rings. The highest BCUT2D eigenvalue weighted by atomic mass is 16.5. The predicted octanol–water partition coefficient (Wildman–Crippen LogP) is 0.573. The van der Waals surface area contributed by atoms with E-state index in [4.69, 9.17) is 10.5 Å². The third-order valence-corrected chi connectivity index (χ3v) is 1.93. The van der Waals surface area contributed by atoms with Crippen LogP contribution in [0.15, 0.2) is 4.99 Å². The van der Waals surface area contributed by atoms with Gasteiger partial charge in [0.15, 0.2) is 5.96 Å². The van der Waals surface area contributed by atoms with Crippen molar-refractivity contribution >= 4 is 18.1 Å². The number of carbonyl (C=O) groups is 2. The van der Waals surface area contributed by atoms with Crippen molar-refractivity contribution in [3.05, 3.63) is 0 Å². The van der Waals surface area contributed by atoms with Gasteiger partial charge in [-0.2, -0.15) is 0 Å². The summed E-state index contributed by atoms with van der Waals surface area (Å²) in [4.78, 5) is 25.3. The number of aliphatic imine (C=N–C) groups is 1. The fourth-order valence-electron chi connectivity index (χ4n) is 1.13. The molecule has 0 rings (SSSR count). The number of hydrogen-bond acceptors (Lipinski definition) is 4. The normalized spacial score (nSPS) is 10.7. The van der Waals surface area contributed by atoms with Gasteiger partial charge in [0.25, 0.3) is 0 Å². The minimum Gasteiger partial charge on any atom is -0.450 e. The second-order valence-corrected chi connectivity index (χ2v) is 3.48. The van der Waals surface area contributed by atoms with Crippen LogP contribution >= 0.6 is 0 Å². The highest BCUT2D eigenvalue weighted by Crippen LogP contribution is 1.87. The predicted molar refractivity (Wildman–Crippen MR) is 70.9 cm³/mol. The Balaban J connectivity index is 3.53. The van der Waals surface area contributed by atoms with Crippen molar-refractivity contribution in [1.82, 2.24) is 10.6 Å². The Labute approximate surface area is 112 Å². The average molecular weight is 274 g/mol. The molecule has 19 heavy (non-hydrogen) atoms. The molecule has 0 saturated carbocycles. The molecule has 0 unspecified atom stereocenters. The Morgan fingerprint density at radius 1 is 1.05 bits per heavy atom. The maximum atomic E-state index is 10.9. The van der Waals surface area contributed by atoms with Crippen LogP contribution in [-0.2, 0) is 9.47 Å². The van der Waals surface area contributed by atoms with E-state index in [-0.39, 0.29) is 12.6 Å². The molecule has 8 heteroatoms. The summed E-state index contributed by atoms with van der Waals surface area (Å²) in [5.41, 5.74) is 5.46. The summed E-state index contributed by atoms with van der Waals surface area (Å²) in [6.07, 6.45) is 0.402. The SMILES string of the molecule is CCOC(=O)/N=C(/N)NCCCCNC(=O)OCC. The van der Waals surface area contributed by atoms with Crippen LogP contribution < -0.4 is 16.4 Å². The Hall–Kier alpha value is -1.99. The molecule has 4 N–H and O–H groups in total. The summed E-state index contributed by atoms with van der Waals surface area (Å²) >= 11 is 0. The molecular formula is C11H22N4O4. The van der Waals surface area contributed by atoms with Crippen LogP contribution in [0.25, 0.3) is 0 Å². The summed E-state index contributed by atoms with van der Waals surface area (Å²) in [5, 5.41) is 5.36. The molecule has 0 heterocycles. The lowest BCUT2D eigenvalue weighted by atomic mass is 10.3. The number of nitrogens with one attached hydrogen (secondary N) is 2. The number of alkyl carbamates (subject to hydrolysis) is 1. The number of rotatable bonds is 7. The first kappa shape index (κ1) is 17.0. The van der Waals surface area contributed by atoms with Gasteiger partial charge in [0.05, 0.1) is 13.2 Å². The van der Waals surface area contributed by atoms with Gasteiger partial charge in [-0.05, 0) is 26.7 Å². The Morgan fingerprint density at radius 2 is 1.63 bits per heavy atom. The monoisotopic (exact) mass is 274 g/mol. The minimum atomic E-state index is -0.712. The van der Waals surface area contributed by atoms with Crippen LogP contribution in [0.5, 0.6) is 0 Å². The van der Waals surface area contributed by atoms with E-state index in [0.29, 0.717) is 19.7 Å². The molecule has 2 amide bonds. The van der Waals surface area contributed by atoms with Crippen molar-refractivity contribution in [3.63, 3.8) is 0 Å². The highest BCUT2D eigenvalue weighted by Gasteiger charge is 2.00. The van der Waals surface area contributed by atoms with E-state index >= 15 is 0 Å². The molecule has 0 saturated heterocycles. The summed E-state index contributed by atoms with van der Waals surface area (Å²) in [6.45, 7) is 5.13. The van der Waals surface area contributed by atoms with E-state index in [1.54, 1.807) is 13.8 Å². The molecule has 0 aliphatic heterocycles. The first-order chi connectivity index (χ1) is 9.10. The number of amides is 2. The molecule has 8 nitrogen and oxygen atoms in total. The molecule has 0 aromatic rings. The molecule has 0 aliphatic carbocycles. The Kier molecular flexibility index (Phi) is 9.96. The quantitative estimate of drug-likeness (QED) is 0.355. The highest BCUT2D eigenvalue weighted by molar-refractivity contribution is 5.88. The molecule has 0 aromatic carbocycles. The maximum Gasteiger partial charge on any atom is 0.436 e. The number of carbonyl (C=O) groups excluding carboxylic acids is 2. The smallest absolute Gasteiger partial charge is 0.436 e. The fourth-order valence-corrected chi connectivity index (χ4v) is 1.13. The minimum absolute atomic E-state index is 0.0248. The Morgan fingerprint density at radius 3 is 2.21 bits per heavy atom. The van der Waals surface area contributed by atoms with Gasteiger partial charge in [-0.3, -0.25) is 0 Å². The first-order valence-corrected chi connectivity index (χ1v) is 6.25. The van der Waals surface area contributed by atoms with Gasteiger partial charge >= 0.3 is 12.2 Å². The molecule has 0 aromatic heterocycles. The van der Waals surface area contributed by atoms with Gasteiger partial charge in [0.2, 0.25) is 0 Å². The molecule has 0 aliphatic rings. The number of ether oxygens (including phenoxy) is 2. The summed E-state index contributed by atoms with van der Waals surface area (Å²) in [7, 11) is 0. The van der Waals surface area contributed by atoms with Gasteiger partial charge < -0.3 is 25.8 Å². The van der Waals surface area contributed by atoms with Crippen molar-refractivity contribution in [2.75, 3.05) is 26.3 Å². The summed E-state index contributed by atoms with van der Waals surface area (Å²) < 4.78 is 9.30. The van der Waals surface area contributed by atoms with Gasteiger partial charge in [-0.25, -0.2) is 9.59 Å². The zero-order valence-corrected chi connectivity index (χ0v) is 11.4. The van der Waals surface area contributed by atoms with Gasteiger partial charge in [0.1, 0.15) is 0 Å². The van der Waals surface area contributed by atoms with Crippen molar-refractivity contribution in [3.8, 4) is 0 Å². The third kappa shape index (κ3) is 10.9. The van der Waals surface area contributed by atoms with E-state index in [2.05, 4.69) is 20.4 Å². The average Bonchev–Trinajstić information content (AvgIpc) is 2.34. The van der Waals surface area contributed by atoms with Crippen molar-refractivity contribution in [1.29, 1.82) is 0 Å². The van der Waals surface area contributed by atoms with Crippen molar-refractivity contribution in [2.45, 2.75) is 26.7 Å². The topological polar surface area (TPSA) is 115 Å². The van der Waals surface area contributed by atoms with E-state index in [9.17, 15) is 9.59 Å². The number of nitrogens with zero attached hydrogens (tertiary/aromatic N) is 1. The third-order valence-electron chi connectivity index (χ3n) is 1.93. The Bertz CT molecular complexity index is 307. The van der Waals surface area contributed by atoms with E-state index in [1.807, 2.05) is 0 Å². The lowest BCUT2D eigenvalue weighted by Crippen LogP contribution is -2.33. The van der Waals surface area contributed by atoms with Gasteiger partial charge in [0, 0.05) is 13.1 Å². The maximum absolute atomic E-state index is 10.9. The van der Waals surface area contributed by atoms with Gasteiger partial charge in [-0.15, -0.1) is 4.99 Å². The van der Waals surface area contributed by atoms with Gasteiger partial charge in [-0.1, -0.05) is 0 Å². The molecule has 0 atom stereocenters. The first-order valence-electron chi connectivity index (χ1n) is 6.25. The van der Waals surface area contributed by atoms with E-state index < -0.39 is 12.2 Å². The fraction of sp³-hybridized carbons (Fsp3) is 0.727. The second-order valence-electron chi connectivity index (χ2n) is 3.48. The molecule has 0 radical (unpaired) electrons. The van der Waals surface area contributed by atoms with Crippen LogP contribution in [0.3, 0.4) is 0 Å². The van der Waals surface area contributed by atoms with Crippen LogP contribution in [0.2, 0.25) is 0 Å².